The van der Waals surface area contributed by atoms with Crippen LogP contribution in [0.1, 0.15) is 25.0 Å². The number of nitrogens with zero attached hydrogens (tertiary/aromatic N) is 1. The Morgan fingerprint density at radius 3 is 1.62 bits per heavy atom. The first-order valence-electron chi connectivity index (χ1n) is 19.8. The molecule has 1 aliphatic carbocycles. The third-order valence-corrected chi connectivity index (χ3v) is 12.0. The lowest BCUT2D eigenvalue weighted by Gasteiger charge is -2.32. The maximum atomic E-state index is 6.49. The van der Waals surface area contributed by atoms with Gasteiger partial charge in [0, 0.05) is 22.4 Å². The zero-order valence-corrected chi connectivity index (χ0v) is 31.8. The van der Waals surface area contributed by atoms with Crippen LogP contribution in [0.2, 0.25) is 6.32 Å². The van der Waals surface area contributed by atoms with Gasteiger partial charge in [0.1, 0.15) is 5.75 Å². The molecule has 8 aromatic rings. The molecule has 0 radical (unpaired) electrons. The van der Waals surface area contributed by atoms with Crippen LogP contribution in [0.25, 0.3) is 44.5 Å². The first kappa shape index (κ1) is 34.0. The quantitative estimate of drug-likeness (QED) is 0.152. The van der Waals surface area contributed by atoms with Gasteiger partial charge < -0.3 is 9.64 Å². The van der Waals surface area contributed by atoms with Gasteiger partial charge in [-0.3, -0.25) is 0 Å². The first-order chi connectivity index (χ1) is 27.5. The number of hydrogen-bond donors (Lipinski definition) is 0. The van der Waals surface area contributed by atoms with Crippen LogP contribution in [0.4, 0.5) is 17.1 Å². The van der Waals surface area contributed by atoms with E-state index < -0.39 is 0 Å². The molecule has 0 fully saturated rings. The second-order valence-electron chi connectivity index (χ2n) is 15.6. The number of ether oxygens (including phenoxy) is 1. The van der Waals surface area contributed by atoms with Gasteiger partial charge in [0.25, 0.3) is 0 Å². The lowest BCUT2D eigenvalue weighted by molar-refractivity contribution is 0.337. The van der Waals surface area contributed by atoms with Gasteiger partial charge in [-0.2, -0.15) is 0 Å². The molecular formula is C53H42BNO. The largest absolute Gasteiger partial charge is 0.495 e. The van der Waals surface area contributed by atoms with Gasteiger partial charge in [0.05, 0.1) is 12.3 Å². The van der Waals surface area contributed by atoms with E-state index in [1.807, 2.05) is 0 Å². The van der Waals surface area contributed by atoms with Crippen molar-refractivity contribution in [2.45, 2.75) is 25.6 Å². The molecule has 0 unspecified atom stereocenters. The highest BCUT2D eigenvalue weighted by Gasteiger charge is 2.38. The van der Waals surface area contributed by atoms with Crippen molar-refractivity contribution < 1.29 is 4.74 Å². The van der Waals surface area contributed by atoms with Crippen LogP contribution >= 0.6 is 0 Å². The smallest absolute Gasteiger partial charge is 0.218 e. The molecule has 0 bridgehead atoms. The number of benzene rings is 8. The average Bonchev–Trinajstić information content (AvgIpc) is 3.49. The van der Waals surface area contributed by atoms with Crippen molar-refractivity contribution in [1.29, 1.82) is 0 Å². The number of rotatable bonds is 7. The van der Waals surface area contributed by atoms with Crippen LogP contribution in [-0.4, -0.2) is 13.3 Å². The minimum absolute atomic E-state index is 0.176. The third-order valence-electron chi connectivity index (χ3n) is 12.0. The monoisotopic (exact) mass is 719 g/mol. The molecule has 0 atom stereocenters. The summed E-state index contributed by atoms with van der Waals surface area (Å²) in [6.45, 7) is 5.66. The predicted octanol–water partition coefficient (Wildman–Crippen LogP) is 12.5. The lowest BCUT2D eigenvalue weighted by atomic mass is 9.37. The van der Waals surface area contributed by atoms with Crippen LogP contribution in [0.3, 0.4) is 0 Å². The van der Waals surface area contributed by atoms with Gasteiger partial charge in [-0.1, -0.05) is 171 Å². The highest BCUT2D eigenvalue weighted by atomic mass is 16.5. The van der Waals surface area contributed by atoms with Gasteiger partial charge in [0.15, 0.2) is 0 Å². The molecule has 1 aliphatic heterocycles. The summed E-state index contributed by atoms with van der Waals surface area (Å²) in [6, 6.07) is 71.0. The average molecular weight is 720 g/mol. The zero-order chi connectivity index (χ0) is 37.6. The van der Waals surface area contributed by atoms with E-state index in [1.54, 1.807) is 0 Å². The van der Waals surface area contributed by atoms with E-state index in [0.717, 1.165) is 29.1 Å². The molecule has 0 saturated heterocycles. The summed E-state index contributed by atoms with van der Waals surface area (Å²) in [5.41, 5.74) is 18.3. The van der Waals surface area contributed by atoms with Gasteiger partial charge in [-0.05, 0) is 104 Å². The minimum atomic E-state index is -0.176. The van der Waals surface area contributed by atoms with Crippen molar-refractivity contribution in [3.63, 3.8) is 0 Å². The molecule has 1 heterocycles. The molecule has 0 amide bonds. The Kier molecular flexibility index (Phi) is 8.45. The second kappa shape index (κ2) is 13.9. The van der Waals surface area contributed by atoms with Crippen LogP contribution in [0.5, 0.6) is 5.75 Å². The molecule has 56 heavy (non-hydrogen) atoms. The van der Waals surface area contributed by atoms with Crippen LogP contribution in [0.15, 0.2) is 194 Å². The van der Waals surface area contributed by atoms with E-state index >= 15 is 0 Å². The Labute approximate surface area is 330 Å². The Morgan fingerprint density at radius 1 is 0.464 bits per heavy atom. The molecule has 0 saturated carbocycles. The summed E-state index contributed by atoms with van der Waals surface area (Å²) in [5, 5.41) is 0. The maximum Gasteiger partial charge on any atom is 0.218 e. The van der Waals surface area contributed by atoms with Crippen molar-refractivity contribution in [1.82, 2.24) is 0 Å². The molecule has 3 heteroatoms. The topological polar surface area (TPSA) is 12.5 Å². The highest BCUT2D eigenvalue weighted by molar-refractivity contribution is 6.87. The molecule has 2 nitrogen and oxygen atoms in total. The first-order valence-corrected chi connectivity index (χ1v) is 19.8. The summed E-state index contributed by atoms with van der Waals surface area (Å²) in [7, 11) is 0. The molecule has 2 aliphatic rings. The van der Waals surface area contributed by atoms with E-state index in [4.69, 9.17) is 4.74 Å². The van der Waals surface area contributed by atoms with Crippen LogP contribution in [0, 0.1) is 0 Å². The SMILES string of the molecule is CC1(C)c2ccccc2-c2cc(-c3cccc4c3B(c3ccccc3)CCO4)c(N(c3ccc(-c4ccccc4)cc3)c3ccc(-c4ccccc4)cc3)cc21. The molecule has 10 rings (SSSR count). The summed E-state index contributed by atoms with van der Waals surface area (Å²) < 4.78 is 6.49. The van der Waals surface area contributed by atoms with Gasteiger partial charge in [-0.15, -0.1) is 0 Å². The third kappa shape index (κ3) is 5.83. The number of anilines is 3. The lowest BCUT2D eigenvalue weighted by Crippen LogP contribution is -2.47. The fraction of sp³-hybridized carbons (Fsp3) is 0.0943. The minimum Gasteiger partial charge on any atom is -0.495 e. The van der Waals surface area contributed by atoms with Crippen molar-refractivity contribution >= 4 is 34.7 Å². The molecule has 0 N–H and O–H groups in total. The van der Waals surface area contributed by atoms with Crippen molar-refractivity contribution in [3.05, 3.63) is 205 Å². The standard InChI is InChI=1S/C53H42BNO/c1-53(2)48-23-13-12-21-44(48)46-35-47(45-22-14-24-51-52(45)54(33-34-56-51)41-19-10-5-11-20-41)50(36-49(46)53)55(42-29-25-39(26-30-42)37-15-6-3-7-16-37)43-31-27-40(28-32-43)38-17-8-4-9-18-38/h3-32,35-36H,33-34H2,1-2H3. The van der Waals surface area contributed by atoms with E-state index in [1.165, 1.54) is 66.6 Å². The number of hydrogen-bond acceptors (Lipinski definition) is 2. The predicted molar refractivity (Wildman–Crippen MR) is 237 cm³/mol. The van der Waals surface area contributed by atoms with Crippen molar-refractivity contribution in [2.75, 3.05) is 11.5 Å². The number of fused-ring (bicyclic) bond motifs is 4. The van der Waals surface area contributed by atoms with E-state index in [2.05, 4.69) is 213 Å². The Hall–Kier alpha value is -6.58. The Bertz CT molecular complexity index is 2590. The summed E-state index contributed by atoms with van der Waals surface area (Å²) in [6.07, 6.45) is 0.926. The van der Waals surface area contributed by atoms with E-state index in [-0.39, 0.29) is 12.1 Å². The normalized spacial score (nSPS) is 13.6. The molecule has 0 spiro atoms. The van der Waals surface area contributed by atoms with Crippen molar-refractivity contribution in [2.24, 2.45) is 0 Å². The van der Waals surface area contributed by atoms with E-state index in [0.29, 0.717) is 6.61 Å². The van der Waals surface area contributed by atoms with Gasteiger partial charge >= 0.3 is 0 Å². The van der Waals surface area contributed by atoms with Crippen LogP contribution in [-0.2, 0) is 5.41 Å². The summed E-state index contributed by atoms with van der Waals surface area (Å²) >= 11 is 0. The molecule has 0 aromatic heterocycles. The van der Waals surface area contributed by atoms with Crippen molar-refractivity contribution in [3.8, 4) is 50.3 Å². The van der Waals surface area contributed by atoms with Gasteiger partial charge in [-0.25, -0.2) is 0 Å². The Morgan fingerprint density at radius 2 is 1.00 bits per heavy atom. The van der Waals surface area contributed by atoms with E-state index in [9.17, 15) is 0 Å². The molecule has 268 valence electrons. The fourth-order valence-corrected chi connectivity index (χ4v) is 9.15. The maximum absolute atomic E-state index is 6.49. The molecule has 8 aromatic carbocycles. The highest BCUT2D eigenvalue weighted by Crippen LogP contribution is 2.53. The van der Waals surface area contributed by atoms with Gasteiger partial charge in [0.2, 0.25) is 6.71 Å². The Balaban J connectivity index is 1.24. The van der Waals surface area contributed by atoms with Crippen LogP contribution < -0.4 is 20.6 Å². The summed E-state index contributed by atoms with van der Waals surface area (Å²) in [4.78, 5) is 2.47. The fourth-order valence-electron chi connectivity index (χ4n) is 9.15. The second-order valence-corrected chi connectivity index (χ2v) is 15.6. The molecular weight excluding hydrogens is 677 g/mol. The summed E-state index contributed by atoms with van der Waals surface area (Å²) in [5.74, 6) is 0.973. The zero-order valence-electron chi connectivity index (χ0n) is 31.8.